The normalized spacial score (nSPS) is 12.9. The van der Waals surface area contributed by atoms with E-state index in [1.807, 2.05) is 0 Å². The second-order valence-electron chi connectivity index (χ2n) is 2.93. The Morgan fingerprint density at radius 1 is 1.54 bits per heavy atom. The lowest BCUT2D eigenvalue weighted by molar-refractivity contribution is 0.176. The van der Waals surface area contributed by atoms with E-state index in [2.05, 4.69) is 0 Å². The van der Waals surface area contributed by atoms with E-state index in [1.165, 1.54) is 14.0 Å². The van der Waals surface area contributed by atoms with Gasteiger partial charge >= 0.3 is 0 Å². The van der Waals surface area contributed by atoms with Crippen LogP contribution >= 0.6 is 0 Å². The zero-order valence-electron chi connectivity index (χ0n) is 7.75. The molecule has 1 N–H and O–H groups in total. The van der Waals surface area contributed by atoms with Crippen LogP contribution in [0.1, 0.15) is 24.2 Å². The number of hydrogen-bond donors (Lipinski definition) is 1. The highest BCUT2D eigenvalue weighted by molar-refractivity contribution is 5.26. The monoisotopic (exact) mass is 184 g/mol. The van der Waals surface area contributed by atoms with E-state index in [4.69, 9.17) is 4.74 Å². The summed E-state index contributed by atoms with van der Waals surface area (Å²) in [5.74, 6) is -0.376. The predicted octanol–water partition coefficient (Wildman–Crippen LogP) is 2.03. The van der Waals surface area contributed by atoms with Crippen LogP contribution in [0.4, 0.5) is 4.39 Å². The van der Waals surface area contributed by atoms with E-state index in [1.54, 1.807) is 18.2 Å². The molecule has 1 unspecified atom stereocenters. The molecular formula is C10H13FO2. The minimum atomic E-state index is -0.781. The van der Waals surface area contributed by atoms with Crippen molar-refractivity contribution in [3.05, 3.63) is 35.1 Å². The molecule has 1 atom stereocenters. The third-order valence-electron chi connectivity index (χ3n) is 1.86. The van der Waals surface area contributed by atoms with E-state index in [0.717, 1.165) is 0 Å². The first-order valence-electron chi connectivity index (χ1n) is 4.11. The molecule has 0 bridgehead atoms. The van der Waals surface area contributed by atoms with Crippen LogP contribution in [0.15, 0.2) is 18.2 Å². The van der Waals surface area contributed by atoms with Crippen LogP contribution in [-0.2, 0) is 11.3 Å². The maximum absolute atomic E-state index is 13.5. The summed E-state index contributed by atoms with van der Waals surface area (Å²) in [6.45, 7) is 1.77. The van der Waals surface area contributed by atoms with Gasteiger partial charge in [0.1, 0.15) is 5.82 Å². The molecule has 0 fully saturated rings. The van der Waals surface area contributed by atoms with Crippen molar-refractivity contribution in [1.82, 2.24) is 0 Å². The van der Waals surface area contributed by atoms with Gasteiger partial charge in [-0.15, -0.1) is 0 Å². The van der Waals surface area contributed by atoms with Crippen molar-refractivity contribution in [2.45, 2.75) is 19.6 Å². The maximum Gasteiger partial charge on any atom is 0.134 e. The van der Waals surface area contributed by atoms with Gasteiger partial charge in [0.2, 0.25) is 0 Å². The van der Waals surface area contributed by atoms with Gasteiger partial charge in [0.05, 0.1) is 12.7 Å². The van der Waals surface area contributed by atoms with Crippen LogP contribution < -0.4 is 0 Å². The fraction of sp³-hybridized carbons (Fsp3) is 0.400. The van der Waals surface area contributed by atoms with Crippen LogP contribution in [0, 0.1) is 5.82 Å². The summed E-state index contributed by atoms with van der Waals surface area (Å²) < 4.78 is 18.3. The third-order valence-corrected chi connectivity index (χ3v) is 1.86. The quantitative estimate of drug-likeness (QED) is 0.778. The van der Waals surface area contributed by atoms with Crippen molar-refractivity contribution in [2.24, 2.45) is 0 Å². The van der Waals surface area contributed by atoms with Crippen LogP contribution in [-0.4, -0.2) is 12.2 Å². The Morgan fingerprint density at radius 3 is 2.77 bits per heavy atom. The molecule has 0 saturated heterocycles. The Hall–Kier alpha value is -0.930. The Bertz CT molecular complexity index is 284. The smallest absolute Gasteiger partial charge is 0.134 e. The summed E-state index contributed by atoms with van der Waals surface area (Å²) in [6.07, 6.45) is -0.781. The topological polar surface area (TPSA) is 29.5 Å². The molecule has 0 radical (unpaired) electrons. The number of aliphatic hydroxyl groups is 1. The van der Waals surface area contributed by atoms with E-state index < -0.39 is 6.10 Å². The fourth-order valence-corrected chi connectivity index (χ4v) is 1.19. The third kappa shape index (κ3) is 2.26. The van der Waals surface area contributed by atoms with E-state index >= 15 is 0 Å². The lowest BCUT2D eigenvalue weighted by Crippen LogP contribution is -2.00. The largest absolute Gasteiger partial charge is 0.389 e. The molecule has 0 heterocycles. The number of ether oxygens (including phenoxy) is 1. The summed E-state index contributed by atoms with van der Waals surface area (Å²) in [7, 11) is 1.51. The SMILES string of the molecule is COCc1cccc(C(C)O)c1F. The van der Waals surface area contributed by atoms with Gasteiger partial charge < -0.3 is 9.84 Å². The second-order valence-corrected chi connectivity index (χ2v) is 2.93. The Kier molecular flexibility index (Phi) is 3.39. The molecule has 0 amide bonds. The molecule has 3 heteroatoms. The average Bonchev–Trinajstić information content (AvgIpc) is 2.08. The summed E-state index contributed by atoms with van der Waals surface area (Å²) in [4.78, 5) is 0. The first kappa shape index (κ1) is 10.2. The van der Waals surface area contributed by atoms with Crippen molar-refractivity contribution in [3.8, 4) is 0 Å². The van der Waals surface area contributed by atoms with Crippen molar-refractivity contribution in [2.75, 3.05) is 7.11 Å². The summed E-state index contributed by atoms with van der Waals surface area (Å²) in [6, 6.07) is 4.92. The highest BCUT2D eigenvalue weighted by Gasteiger charge is 2.10. The Morgan fingerprint density at radius 2 is 2.23 bits per heavy atom. The number of benzene rings is 1. The zero-order chi connectivity index (χ0) is 9.84. The van der Waals surface area contributed by atoms with Crippen LogP contribution in [0.3, 0.4) is 0 Å². The molecule has 2 nitrogen and oxygen atoms in total. The first-order chi connectivity index (χ1) is 6.16. The minimum absolute atomic E-state index is 0.229. The number of rotatable bonds is 3. The van der Waals surface area contributed by atoms with E-state index in [-0.39, 0.29) is 12.4 Å². The van der Waals surface area contributed by atoms with Crippen LogP contribution in [0.2, 0.25) is 0 Å². The van der Waals surface area contributed by atoms with Gasteiger partial charge in [-0.1, -0.05) is 18.2 Å². The van der Waals surface area contributed by atoms with Crippen molar-refractivity contribution in [1.29, 1.82) is 0 Å². The summed E-state index contributed by atoms with van der Waals surface area (Å²) >= 11 is 0. The molecule has 0 aromatic heterocycles. The van der Waals surface area contributed by atoms with Gasteiger partial charge in [-0.2, -0.15) is 0 Å². The molecule has 1 rings (SSSR count). The van der Waals surface area contributed by atoms with Gasteiger partial charge in [-0.05, 0) is 6.92 Å². The second kappa shape index (κ2) is 4.35. The van der Waals surface area contributed by atoms with E-state index in [9.17, 15) is 9.50 Å². The fourth-order valence-electron chi connectivity index (χ4n) is 1.19. The molecule has 0 aliphatic rings. The van der Waals surface area contributed by atoms with Gasteiger partial charge in [0.25, 0.3) is 0 Å². The van der Waals surface area contributed by atoms with Crippen LogP contribution in [0.5, 0.6) is 0 Å². The molecule has 1 aromatic rings. The standard InChI is InChI=1S/C10H13FO2/c1-7(12)9-5-3-4-8(6-13-2)10(9)11/h3-5,7,12H,6H2,1-2H3. The van der Waals surface area contributed by atoms with Gasteiger partial charge in [-0.3, -0.25) is 0 Å². The Balaban J connectivity index is 3.03. The zero-order valence-corrected chi connectivity index (χ0v) is 7.75. The summed E-state index contributed by atoms with van der Waals surface area (Å²) in [5.41, 5.74) is 0.787. The molecule has 0 aliphatic carbocycles. The average molecular weight is 184 g/mol. The Labute approximate surface area is 77.0 Å². The predicted molar refractivity (Wildman–Crippen MR) is 47.7 cm³/mol. The minimum Gasteiger partial charge on any atom is -0.389 e. The van der Waals surface area contributed by atoms with Crippen LogP contribution in [0.25, 0.3) is 0 Å². The number of aliphatic hydroxyl groups excluding tert-OH is 1. The molecular weight excluding hydrogens is 171 g/mol. The van der Waals surface area contributed by atoms with Gasteiger partial charge in [-0.25, -0.2) is 4.39 Å². The highest BCUT2D eigenvalue weighted by atomic mass is 19.1. The number of hydrogen-bond acceptors (Lipinski definition) is 2. The van der Waals surface area contributed by atoms with Gasteiger partial charge in [0, 0.05) is 18.2 Å². The summed E-state index contributed by atoms with van der Waals surface area (Å²) in [5, 5.41) is 9.22. The highest BCUT2D eigenvalue weighted by Crippen LogP contribution is 2.19. The first-order valence-corrected chi connectivity index (χ1v) is 4.11. The maximum atomic E-state index is 13.5. The molecule has 0 saturated carbocycles. The molecule has 0 aliphatic heterocycles. The molecule has 72 valence electrons. The lowest BCUT2D eigenvalue weighted by Gasteiger charge is -2.09. The molecule has 13 heavy (non-hydrogen) atoms. The lowest BCUT2D eigenvalue weighted by atomic mass is 10.1. The van der Waals surface area contributed by atoms with Crippen molar-refractivity contribution in [3.63, 3.8) is 0 Å². The van der Waals surface area contributed by atoms with Crippen molar-refractivity contribution < 1.29 is 14.2 Å². The van der Waals surface area contributed by atoms with Gasteiger partial charge in [0.15, 0.2) is 0 Å². The number of halogens is 1. The molecule has 1 aromatic carbocycles. The number of methoxy groups -OCH3 is 1. The van der Waals surface area contributed by atoms with E-state index in [0.29, 0.717) is 11.1 Å². The van der Waals surface area contributed by atoms with Crippen molar-refractivity contribution >= 4 is 0 Å². The molecule has 0 spiro atoms.